The lowest BCUT2D eigenvalue weighted by molar-refractivity contribution is -0.124. The zero-order chi connectivity index (χ0) is 12.3. The van der Waals surface area contributed by atoms with E-state index in [2.05, 4.69) is 10.6 Å². The third-order valence-corrected chi connectivity index (χ3v) is 4.01. The summed E-state index contributed by atoms with van der Waals surface area (Å²) in [7, 11) is 1.75. The van der Waals surface area contributed by atoms with Crippen LogP contribution in [0, 0.1) is 0 Å². The lowest BCUT2D eigenvalue weighted by Crippen LogP contribution is -2.53. The van der Waals surface area contributed by atoms with Gasteiger partial charge in [0.2, 0.25) is 5.91 Å². The summed E-state index contributed by atoms with van der Waals surface area (Å²) in [6.45, 7) is 1.95. The van der Waals surface area contributed by atoms with E-state index in [-0.39, 0.29) is 11.9 Å². The van der Waals surface area contributed by atoms with Crippen molar-refractivity contribution in [2.24, 2.45) is 0 Å². The third-order valence-electron chi connectivity index (χ3n) is 4.01. The second-order valence-electron chi connectivity index (χ2n) is 5.40. The van der Waals surface area contributed by atoms with E-state index in [1.807, 2.05) is 6.92 Å². The largest absolute Gasteiger partial charge is 0.381 e. The molecule has 0 spiro atoms. The van der Waals surface area contributed by atoms with Gasteiger partial charge in [0.05, 0.1) is 12.1 Å². The van der Waals surface area contributed by atoms with Gasteiger partial charge >= 0.3 is 0 Å². The molecule has 4 heteroatoms. The van der Waals surface area contributed by atoms with Crippen LogP contribution in [0.3, 0.4) is 0 Å². The molecule has 0 bridgehead atoms. The lowest BCUT2D eigenvalue weighted by Gasteiger charge is -2.36. The molecule has 0 aromatic carbocycles. The summed E-state index contributed by atoms with van der Waals surface area (Å²) < 4.78 is 5.23. The fraction of sp³-hybridized carbons (Fsp3) is 0.923. The molecule has 2 fully saturated rings. The minimum absolute atomic E-state index is 0.0848. The standard InChI is InChI=1S/C13H24N2O2/c1-9(14-11-7-12(8-11)17-2)13(16)15-10-5-3-4-6-10/h9-12,14H,3-8H2,1-2H3,(H,15,16). The van der Waals surface area contributed by atoms with Crippen LogP contribution in [-0.4, -0.2) is 37.2 Å². The Morgan fingerprint density at radius 1 is 1.24 bits per heavy atom. The average Bonchev–Trinajstić information content (AvgIpc) is 2.74. The second kappa shape index (κ2) is 5.83. The molecule has 0 aliphatic heterocycles. The van der Waals surface area contributed by atoms with Gasteiger partial charge in [0.15, 0.2) is 0 Å². The molecule has 0 radical (unpaired) electrons. The van der Waals surface area contributed by atoms with Gasteiger partial charge in [0.1, 0.15) is 0 Å². The monoisotopic (exact) mass is 240 g/mol. The number of hydrogen-bond donors (Lipinski definition) is 2. The van der Waals surface area contributed by atoms with Crippen molar-refractivity contribution in [3.05, 3.63) is 0 Å². The Hall–Kier alpha value is -0.610. The van der Waals surface area contributed by atoms with Crippen LogP contribution in [0.4, 0.5) is 0 Å². The molecule has 4 nitrogen and oxygen atoms in total. The molecule has 98 valence electrons. The van der Waals surface area contributed by atoms with Gasteiger partial charge in [-0.2, -0.15) is 0 Å². The predicted molar refractivity (Wildman–Crippen MR) is 66.8 cm³/mol. The number of ether oxygens (including phenoxy) is 1. The summed E-state index contributed by atoms with van der Waals surface area (Å²) in [6, 6.07) is 0.780. The van der Waals surface area contributed by atoms with Crippen molar-refractivity contribution in [2.75, 3.05) is 7.11 Å². The predicted octanol–water partition coefficient (Wildman–Crippen LogP) is 1.20. The highest BCUT2D eigenvalue weighted by Crippen LogP contribution is 2.23. The van der Waals surface area contributed by atoms with E-state index in [1.165, 1.54) is 12.8 Å². The van der Waals surface area contributed by atoms with Crippen molar-refractivity contribution in [3.63, 3.8) is 0 Å². The van der Waals surface area contributed by atoms with Crippen LogP contribution >= 0.6 is 0 Å². The summed E-state index contributed by atoms with van der Waals surface area (Å²) in [6.07, 6.45) is 7.24. The SMILES string of the molecule is COC1CC(NC(C)C(=O)NC2CCCC2)C1. The summed E-state index contributed by atoms with van der Waals surface area (Å²) in [4.78, 5) is 11.9. The quantitative estimate of drug-likeness (QED) is 0.759. The van der Waals surface area contributed by atoms with Crippen molar-refractivity contribution in [1.82, 2.24) is 10.6 Å². The molecule has 0 heterocycles. The highest BCUT2D eigenvalue weighted by molar-refractivity contribution is 5.81. The second-order valence-corrected chi connectivity index (χ2v) is 5.40. The van der Waals surface area contributed by atoms with E-state index in [9.17, 15) is 4.79 Å². The van der Waals surface area contributed by atoms with Gasteiger partial charge in [-0.15, -0.1) is 0 Å². The van der Waals surface area contributed by atoms with E-state index in [0.29, 0.717) is 18.2 Å². The van der Waals surface area contributed by atoms with Gasteiger partial charge in [0.25, 0.3) is 0 Å². The molecule has 2 aliphatic carbocycles. The fourth-order valence-electron chi connectivity index (χ4n) is 2.72. The van der Waals surface area contributed by atoms with Crippen LogP contribution in [0.1, 0.15) is 45.4 Å². The molecule has 2 aliphatic rings. The van der Waals surface area contributed by atoms with Gasteiger partial charge in [-0.05, 0) is 32.6 Å². The Labute approximate surface area is 103 Å². The van der Waals surface area contributed by atoms with Crippen molar-refractivity contribution < 1.29 is 9.53 Å². The Bertz CT molecular complexity index is 258. The van der Waals surface area contributed by atoms with Crippen molar-refractivity contribution in [2.45, 2.75) is 69.7 Å². The summed E-state index contributed by atoms with van der Waals surface area (Å²) in [5.41, 5.74) is 0. The molecule has 17 heavy (non-hydrogen) atoms. The highest BCUT2D eigenvalue weighted by atomic mass is 16.5. The first kappa shape index (κ1) is 12.8. The molecule has 2 rings (SSSR count). The zero-order valence-corrected chi connectivity index (χ0v) is 10.9. The number of rotatable bonds is 5. The summed E-state index contributed by atoms with van der Waals surface area (Å²) >= 11 is 0. The van der Waals surface area contributed by atoms with Crippen LogP contribution in [-0.2, 0) is 9.53 Å². The van der Waals surface area contributed by atoms with Gasteiger partial charge < -0.3 is 15.4 Å². The van der Waals surface area contributed by atoms with Gasteiger partial charge in [0, 0.05) is 19.2 Å². The minimum Gasteiger partial charge on any atom is -0.381 e. The lowest BCUT2D eigenvalue weighted by atomic mass is 9.88. The number of carbonyl (C=O) groups is 1. The smallest absolute Gasteiger partial charge is 0.237 e. The average molecular weight is 240 g/mol. The molecule has 2 saturated carbocycles. The maximum absolute atomic E-state index is 11.9. The fourth-order valence-corrected chi connectivity index (χ4v) is 2.72. The number of amides is 1. The van der Waals surface area contributed by atoms with Crippen LogP contribution in [0.5, 0.6) is 0 Å². The van der Waals surface area contributed by atoms with E-state index >= 15 is 0 Å². The van der Waals surface area contributed by atoms with Crippen LogP contribution in [0.15, 0.2) is 0 Å². The van der Waals surface area contributed by atoms with E-state index < -0.39 is 0 Å². The van der Waals surface area contributed by atoms with E-state index in [1.54, 1.807) is 7.11 Å². The third kappa shape index (κ3) is 3.42. The molecular weight excluding hydrogens is 216 g/mol. The number of hydrogen-bond acceptors (Lipinski definition) is 3. The van der Waals surface area contributed by atoms with Crippen LogP contribution in [0.25, 0.3) is 0 Å². The summed E-state index contributed by atoms with van der Waals surface area (Å²) in [5.74, 6) is 0.151. The van der Waals surface area contributed by atoms with Gasteiger partial charge in [-0.1, -0.05) is 12.8 Å². The topological polar surface area (TPSA) is 50.4 Å². The molecule has 1 atom stereocenters. The molecule has 2 N–H and O–H groups in total. The Balaban J connectivity index is 1.65. The number of carbonyl (C=O) groups excluding carboxylic acids is 1. The Morgan fingerprint density at radius 3 is 2.47 bits per heavy atom. The molecule has 0 aromatic rings. The Morgan fingerprint density at radius 2 is 1.88 bits per heavy atom. The first-order chi connectivity index (χ1) is 8.19. The normalized spacial score (nSPS) is 30.9. The molecule has 1 unspecified atom stereocenters. The first-order valence-electron chi connectivity index (χ1n) is 6.78. The maximum atomic E-state index is 11.9. The minimum atomic E-state index is -0.0848. The van der Waals surface area contributed by atoms with Crippen molar-refractivity contribution in [1.29, 1.82) is 0 Å². The van der Waals surface area contributed by atoms with Crippen molar-refractivity contribution in [3.8, 4) is 0 Å². The van der Waals surface area contributed by atoms with Gasteiger partial charge in [-0.25, -0.2) is 0 Å². The van der Waals surface area contributed by atoms with Crippen LogP contribution in [0.2, 0.25) is 0 Å². The maximum Gasteiger partial charge on any atom is 0.237 e. The Kier molecular flexibility index (Phi) is 4.40. The summed E-state index contributed by atoms with van der Waals surface area (Å²) in [5, 5.41) is 6.49. The number of nitrogens with one attached hydrogen (secondary N) is 2. The first-order valence-corrected chi connectivity index (χ1v) is 6.78. The molecule has 0 saturated heterocycles. The van der Waals surface area contributed by atoms with Crippen molar-refractivity contribution >= 4 is 5.91 Å². The molecule has 1 amide bonds. The zero-order valence-electron chi connectivity index (χ0n) is 10.9. The van der Waals surface area contributed by atoms with Crippen LogP contribution < -0.4 is 10.6 Å². The van der Waals surface area contributed by atoms with Gasteiger partial charge in [-0.3, -0.25) is 4.79 Å². The van der Waals surface area contributed by atoms with E-state index in [4.69, 9.17) is 4.74 Å². The molecule has 0 aromatic heterocycles. The van der Waals surface area contributed by atoms with E-state index in [0.717, 1.165) is 25.7 Å². The molecular formula is C13H24N2O2. The number of methoxy groups -OCH3 is 1. The highest BCUT2D eigenvalue weighted by Gasteiger charge is 2.31.